The third kappa shape index (κ3) is 4.71. The van der Waals surface area contributed by atoms with Crippen molar-refractivity contribution in [2.24, 2.45) is 0 Å². The lowest BCUT2D eigenvalue weighted by molar-refractivity contribution is -0.119. The molecule has 0 aromatic heterocycles. The van der Waals surface area contributed by atoms with Crippen LogP contribution in [0.4, 0.5) is 0 Å². The number of carbonyl (C=O) groups is 2. The minimum Gasteiger partial charge on any atom is -0.353 e. The average Bonchev–Trinajstić information content (AvgIpc) is 2.47. The summed E-state index contributed by atoms with van der Waals surface area (Å²) in [4.78, 5) is 23.4. The van der Waals surface area contributed by atoms with E-state index in [0.29, 0.717) is 17.4 Å². The van der Waals surface area contributed by atoms with Gasteiger partial charge in [-0.3, -0.25) is 9.59 Å². The van der Waals surface area contributed by atoms with Crippen molar-refractivity contribution in [3.63, 3.8) is 0 Å². The highest BCUT2D eigenvalue weighted by Crippen LogP contribution is 2.20. The molecule has 1 N–H and O–H groups in total. The summed E-state index contributed by atoms with van der Waals surface area (Å²) in [5.74, 6) is 0.549. The fourth-order valence-corrected chi connectivity index (χ4v) is 3.02. The fraction of sp³-hybridized carbons (Fsp3) is 0.467. The number of benzene rings is 1. The number of rotatable bonds is 5. The smallest absolute Gasteiger partial charge is 0.230 e. The van der Waals surface area contributed by atoms with Crippen molar-refractivity contribution in [2.75, 3.05) is 5.75 Å². The van der Waals surface area contributed by atoms with Gasteiger partial charge in [-0.05, 0) is 25.0 Å². The monoisotopic (exact) mass is 277 g/mol. The van der Waals surface area contributed by atoms with Crippen LogP contribution in [-0.2, 0) is 4.79 Å². The Morgan fingerprint density at radius 1 is 1.21 bits per heavy atom. The van der Waals surface area contributed by atoms with Gasteiger partial charge in [-0.25, -0.2) is 0 Å². The Bertz CT molecular complexity index is 424. The Morgan fingerprint density at radius 2 is 1.89 bits per heavy atom. The Kier molecular flexibility index (Phi) is 5.45. The van der Waals surface area contributed by atoms with Crippen molar-refractivity contribution >= 4 is 24.0 Å². The number of aldehydes is 1. The summed E-state index contributed by atoms with van der Waals surface area (Å²) < 4.78 is 0. The molecule has 1 aromatic carbocycles. The lowest BCUT2D eigenvalue weighted by atomic mass is 9.95. The zero-order chi connectivity index (χ0) is 13.5. The SMILES string of the molecule is O=Cc1ccc(SCC(=O)NC2CCCCC2)cc1. The van der Waals surface area contributed by atoms with Gasteiger partial charge in [0, 0.05) is 16.5 Å². The first kappa shape index (κ1) is 14.1. The second-order valence-electron chi connectivity index (χ2n) is 4.88. The predicted octanol–water partition coefficient (Wildman–Crippen LogP) is 3.04. The van der Waals surface area contributed by atoms with Gasteiger partial charge in [0.05, 0.1) is 5.75 Å². The van der Waals surface area contributed by atoms with Gasteiger partial charge >= 0.3 is 0 Å². The maximum Gasteiger partial charge on any atom is 0.230 e. The molecule has 1 fully saturated rings. The van der Waals surface area contributed by atoms with Crippen LogP contribution >= 0.6 is 11.8 Å². The number of hydrogen-bond donors (Lipinski definition) is 1. The van der Waals surface area contributed by atoms with E-state index in [2.05, 4.69) is 5.32 Å². The topological polar surface area (TPSA) is 46.2 Å². The molecule has 19 heavy (non-hydrogen) atoms. The third-order valence-corrected chi connectivity index (χ3v) is 4.37. The van der Waals surface area contributed by atoms with Crippen LogP contribution in [0.15, 0.2) is 29.2 Å². The quantitative estimate of drug-likeness (QED) is 0.664. The largest absolute Gasteiger partial charge is 0.353 e. The fourth-order valence-electron chi connectivity index (χ4n) is 2.31. The molecule has 0 heterocycles. The predicted molar refractivity (Wildman–Crippen MR) is 77.6 cm³/mol. The van der Waals surface area contributed by atoms with Crippen LogP contribution < -0.4 is 5.32 Å². The number of carbonyl (C=O) groups excluding carboxylic acids is 2. The highest BCUT2D eigenvalue weighted by Gasteiger charge is 2.15. The Morgan fingerprint density at radius 3 is 2.53 bits per heavy atom. The van der Waals surface area contributed by atoms with Gasteiger partial charge in [-0.15, -0.1) is 11.8 Å². The maximum absolute atomic E-state index is 11.8. The zero-order valence-corrected chi connectivity index (χ0v) is 11.7. The van der Waals surface area contributed by atoms with Crippen molar-refractivity contribution in [2.45, 2.75) is 43.0 Å². The molecule has 0 radical (unpaired) electrons. The molecule has 1 aliphatic carbocycles. The number of thioether (sulfide) groups is 1. The highest BCUT2D eigenvalue weighted by atomic mass is 32.2. The third-order valence-electron chi connectivity index (χ3n) is 3.36. The summed E-state index contributed by atoms with van der Waals surface area (Å²) in [6.07, 6.45) is 6.81. The van der Waals surface area contributed by atoms with Crippen molar-refractivity contribution in [1.29, 1.82) is 0 Å². The lowest BCUT2D eigenvalue weighted by Crippen LogP contribution is -2.37. The van der Waals surface area contributed by atoms with Gasteiger partial charge in [0.1, 0.15) is 6.29 Å². The molecular formula is C15H19NO2S. The van der Waals surface area contributed by atoms with Crippen LogP contribution in [0.25, 0.3) is 0 Å². The molecular weight excluding hydrogens is 258 g/mol. The Labute approximate surface area is 118 Å². The van der Waals surface area contributed by atoms with Gasteiger partial charge in [0.25, 0.3) is 0 Å². The van der Waals surface area contributed by atoms with E-state index < -0.39 is 0 Å². The van der Waals surface area contributed by atoms with Crippen LogP contribution in [0.3, 0.4) is 0 Å². The van der Waals surface area contributed by atoms with Crippen molar-refractivity contribution in [3.8, 4) is 0 Å². The first-order valence-corrected chi connectivity index (χ1v) is 7.74. The van der Waals surface area contributed by atoms with Crippen LogP contribution in [-0.4, -0.2) is 24.0 Å². The van der Waals surface area contributed by atoms with Gasteiger partial charge in [0.2, 0.25) is 5.91 Å². The highest BCUT2D eigenvalue weighted by molar-refractivity contribution is 8.00. The second-order valence-corrected chi connectivity index (χ2v) is 5.93. The van der Waals surface area contributed by atoms with Crippen molar-refractivity contribution in [1.82, 2.24) is 5.32 Å². The molecule has 0 saturated heterocycles. The van der Waals surface area contributed by atoms with E-state index in [1.807, 2.05) is 12.1 Å². The normalized spacial score (nSPS) is 16.0. The zero-order valence-electron chi connectivity index (χ0n) is 10.9. The molecule has 4 heteroatoms. The van der Waals surface area contributed by atoms with Crippen LogP contribution in [0.1, 0.15) is 42.5 Å². The summed E-state index contributed by atoms with van der Waals surface area (Å²) in [6.45, 7) is 0. The van der Waals surface area contributed by atoms with Gasteiger partial charge in [0.15, 0.2) is 0 Å². The van der Waals surface area contributed by atoms with Crippen LogP contribution in [0.2, 0.25) is 0 Å². The molecule has 1 saturated carbocycles. The number of amides is 1. The van der Waals surface area contributed by atoms with Crippen molar-refractivity contribution < 1.29 is 9.59 Å². The molecule has 0 spiro atoms. The van der Waals surface area contributed by atoms with E-state index in [0.717, 1.165) is 24.0 Å². The molecule has 0 atom stereocenters. The van der Waals surface area contributed by atoms with E-state index >= 15 is 0 Å². The van der Waals surface area contributed by atoms with E-state index in [1.54, 1.807) is 12.1 Å². The van der Waals surface area contributed by atoms with E-state index in [1.165, 1.54) is 31.0 Å². The summed E-state index contributed by atoms with van der Waals surface area (Å²) >= 11 is 1.51. The summed E-state index contributed by atoms with van der Waals surface area (Å²) in [7, 11) is 0. The van der Waals surface area contributed by atoms with E-state index in [-0.39, 0.29) is 5.91 Å². The van der Waals surface area contributed by atoms with Crippen molar-refractivity contribution in [3.05, 3.63) is 29.8 Å². The lowest BCUT2D eigenvalue weighted by Gasteiger charge is -2.22. The molecule has 1 aromatic rings. The summed E-state index contributed by atoms with van der Waals surface area (Å²) in [5, 5.41) is 3.10. The summed E-state index contributed by atoms with van der Waals surface area (Å²) in [6, 6.07) is 7.67. The number of nitrogens with one attached hydrogen (secondary N) is 1. The molecule has 102 valence electrons. The van der Waals surface area contributed by atoms with Gasteiger partial charge < -0.3 is 5.32 Å². The summed E-state index contributed by atoms with van der Waals surface area (Å²) in [5.41, 5.74) is 0.663. The first-order chi connectivity index (χ1) is 9.28. The second kappa shape index (κ2) is 7.34. The van der Waals surface area contributed by atoms with E-state index in [4.69, 9.17) is 0 Å². The molecule has 0 bridgehead atoms. The average molecular weight is 277 g/mol. The van der Waals surface area contributed by atoms with Gasteiger partial charge in [-0.1, -0.05) is 31.4 Å². The Hall–Kier alpha value is -1.29. The molecule has 1 amide bonds. The molecule has 1 aliphatic rings. The molecule has 0 aliphatic heterocycles. The first-order valence-electron chi connectivity index (χ1n) is 6.75. The minimum atomic E-state index is 0.108. The molecule has 3 nitrogen and oxygen atoms in total. The maximum atomic E-state index is 11.8. The van der Waals surface area contributed by atoms with Gasteiger partial charge in [-0.2, -0.15) is 0 Å². The number of hydrogen-bond acceptors (Lipinski definition) is 3. The van der Waals surface area contributed by atoms with Crippen LogP contribution in [0, 0.1) is 0 Å². The van der Waals surface area contributed by atoms with Crippen LogP contribution in [0.5, 0.6) is 0 Å². The standard InChI is InChI=1S/C15H19NO2S/c17-10-12-6-8-14(9-7-12)19-11-15(18)16-13-4-2-1-3-5-13/h6-10,13H,1-5,11H2,(H,16,18). The minimum absolute atomic E-state index is 0.108. The molecule has 0 unspecified atom stereocenters. The van der Waals surface area contributed by atoms with E-state index in [9.17, 15) is 9.59 Å². The Balaban J connectivity index is 1.74. The molecule has 2 rings (SSSR count).